The van der Waals surface area contributed by atoms with Crippen LogP contribution in [0.15, 0.2) is 35.7 Å². The van der Waals surface area contributed by atoms with Crippen molar-refractivity contribution in [2.24, 2.45) is 5.92 Å². The van der Waals surface area contributed by atoms with E-state index in [0.717, 1.165) is 13.0 Å². The predicted octanol–water partition coefficient (Wildman–Crippen LogP) is 4.19. The summed E-state index contributed by atoms with van der Waals surface area (Å²) in [5.41, 5.74) is 3.82. The van der Waals surface area contributed by atoms with Gasteiger partial charge in [-0.1, -0.05) is 38.1 Å². The maximum atomic E-state index is 12.7. The Bertz CT molecular complexity index is 659. The van der Waals surface area contributed by atoms with Crippen LogP contribution < -0.4 is 0 Å². The number of carbonyl (C=O) groups excluding carboxylic acids is 1. The topological polar surface area (TPSA) is 20.3 Å². The molecule has 1 aromatic carbocycles. The van der Waals surface area contributed by atoms with Gasteiger partial charge in [0.1, 0.15) is 0 Å². The fourth-order valence-electron chi connectivity index (χ4n) is 3.11. The summed E-state index contributed by atoms with van der Waals surface area (Å²) in [6.45, 7) is 6.93. The number of benzene rings is 1. The third-order valence-corrected chi connectivity index (χ3v) is 5.22. The molecule has 0 bridgehead atoms. The van der Waals surface area contributed by atoms with E-state index >= 15 is 0 Å². The lowest BCUT2D eigenvalue weighted by molar-refractivity contribution is -0.136. The molecule has 2 aromatic rings. The van der Waals surface area contributed by atoms with Gasteiger partial charge in [0.15, 0.2) is 0 Å². The Morgan fingerprint density at radius 1 is 1.24 bits per heavy atom. The number of thiophene rings is 1. The van der Waals surface area contributed by atoms with E-state index in [2.05, 4.69) is 47.5 Å². The molecule has 0 saturated carbocycles. The fourth-order valence-corrected chi connectivity index (χ4v) is 4.02. The van der Waals surface area contributed by atoms with Gasteiger partial charge in [-0.05, 0) is 41.5 Å². The normalized spacial score (nSPS) is 17.9. The largest absolute Gasteiger partial charge is 0.331 e. The molecule has 2 heterocycles. The van der Waals surface area contributed by atoms with E-state index in [1.807, 2.05) is 25.2 Å². The Morgan fingerprint density at radius 2 is 2.00 bits per heavy atom. The Morgan fingerprint density at radius 3 is 2.71 bits per heavy atom. The van der Waals surface area contributed by atoms with Crippen LogP contribution in [0.3, 0.4) is 0 Å². The van der Waals surface area contributed by atoms with Gasteiger partial charge < -0.3 is 4.90 Å². The van der Waals surface area contributed by atoms with Gasteiger partial charge in [0.05, 0.1) is 6.04 Å². The summed E-state index contributed by atoms with van der Waals surface area (Å²) < 4.78 is 0. The number of fused-ring (bicyclic) bond motifs is 1. The minimum absolute atomic E-state index is 0.0386. The van der Waals surface area contributed by atoms with Crippen molar-refractivity contribution in [2.45, 2.75) is 33.2 Å². The smallest absolute Gasteiger partial charge is 0.225 e. The standard InChI is InChI=1S/C18H21NOS/c1-12(2)18(20)19-10-8-16-15(9-11-21-16)17(19)14-7-5-4-6-13(14)3/h4-7,9,11-12,17H,8,10H2,1-3H3/t17-/m0/s1. The molecule has 0 spiro atoms. The number of aryl methyl sites for hydroxylation is 1. The lowest BCUT2D eigenvalue weighted by Gasteiger charge is -2.38. The molecule has 1 aliphatic rings. The van der Waals surface area contributed by atoms with Crippen molar-refractivity contribution in [3.8, 4) is 0 Å². The first kappa shape index (κ1) is 14.3. The highest BCUT2D eigenvalue weighted by atomic mass is 32.1. The Balaban J connectivity index is 2.11. The molecule has 1 aromatic heterocycles. The summed E-state index contributed by atoms with van der Waals surface area (Å²) in [5, 5.41) is 2.15. The van der Waals surface area contributed by atoms with Gasteiger partial charge >= 0.3 is 0 Å². The van der Waals surface area contributed by atoms with Gasteiger partial charge in [0.25, 0.3) is 0 Å². The average molecular weight is 299 g/mol. The highest BCUT2D eigenvalue weighted by Crippen LogP contribution is 2.39. The molecule has 2 nitrogen and oxygen atoms in total. The van der Waals surface area contributed by atoms with E-state index < -0.39 is 0 Å². The minimum Gasteiger partial charge on any atom is -0.331 e. The molecule has 3 heteroatoms. The molecular weight excluding hydrogens is 278 g/mol. The van der Waals surface area contributed by atoms with Gasteiger partial charge in [-0.3, -0.25) is 4.79 Å². The lowest BCUT2D eigenvalue weighted by Crippen LogP contribution is -2.42. The van der Waals surface area contributed by atoms with Crippen molar-refractivity contribution in [1.29, 1.82) is 0 Å². The molecule has 21 heavy (non-hydrogen) atoms. The SMILES string of the molecule is Cc1ccccc1[C@H]1c2ccsc2CCN1C(=O)C(C)C. The van der Waals surface area contributed by atoms with Crippen LogP contribution in [0.4, 0.5) is 0 Å². The first-order chi connectivity index (χ1) is 10.1. The summed E-state index contributed by atoms with van der Waals surface area (Å²) in [6.07, 6.45) is 0.980. The van der Waals surface area contributed by atoms with E-state index in [-0.39, 0.29) is 17.9 Å². The Kier molecular flexibility index (Phi) is 3.85. The third-order valence-electron chi connectivity index (χ3n) is 4.23. The average Bonchev–Trinajstić information content (AvgIpc) is 2.94. The number of rotatable bonds is 2. The second-order valence-electron chi connectivity index (χ2n) is 5.99. The fraction of sp³-hybridized carbons (Fsp3) is 0.389. The number of hydrogen-bond acceptors (Lipinski definition) is 2. The highest BCUT2D eigenvalue weighted by molar-refractivity contribution is 7.10. The van der Waals surface area contributed by atoms with Gasteiger partial charge in [0, 0.05) is 17.3 Å². The molecule has 0 N–H and O–H groups in total. The van der Waals surface area contributed by atoms with Gasteiger partial charge in [-0.25, -0.2) is 0 Å². The van der Waals surface area contributed by atoms with E-state index in [1.165, 1.54) is 21.6 Å². The lowest BCUT2D eigenvalue weighted by atomic mass is 9.90. The molecule has 3 rings (SSSR count). The van der Waals surface area contributed by atoms with E-state index in [1.54, 1.807) is 0 Å². The van der Waals surface area contributed by atoms with Crippen molar-refractivity contribution in [1.82, 2.24) is 4.90 Å². The second kappa shape index (κ2) is 5.64. The van der Waals surface area contributed by atoms with Gasteiger partial charge in [0.2, 0.25) is 5.91 Å². The highest BCUT2D eigenvalue weighted by Gasteiger charge is 2.34. The minimum atomic E-state index is 0.0386. The van der Waals surface area contributed by atoms with Crippen LogP contribution in [0.25, 0.3) is 0 Å². The van der Waals surface area contributed by atoms with Crippen molar-refractivity contribution in [3.63, 3.8) is 0 Å². The van der Waals surface area contributed by atoms with E-state index in [0.29, 0.717) is 0 Å². The summed E-state index contributed by atoms with van der Waals surface area (Å²) >= 11 is 1.81. The van der Waals surface area contributed by atoms with Crippen LogP contribution in [-0.4, -0.2) is 17.4 Å². The monoisotopic (exact) mass is 299 g/mol. The molecule has 1 amide bonds. The summed E-state index contributed by atoms with van der Waals surface area (Å²) in [5.74, 6) is 0.289. The van der Waals surface area contributed by atoms with Gasteiger partial charge in [-0.2, -0.15) is 0 Å². The number of hydrogen-bond donors (Lipinski definition) is 0. The van der Waals surface area contributed by atoms with Crippen molar-refractivity contribution >= 4 is 17.2 Å². The molecule has 0 radical (unpaired) electrons. The quantitative estimate of drug-likeness (QED) is 0.814. The van der Waals surface area contributed by atoms with Crippen molar-refractivity contribution in [3.05, 3.63) is 57.3 Å². The summed E-state index contributed by atoms with van der Waals surface area (Å²) in [7, 11) is 0. The molecule has 110 valence electrons. The first-order valence-electron chi connectivity index (χ1n) is 7.52. The molecule has 0 unspecified atom stereocenters. The van der Waals surface area contributed by atoms with Crippen LogP contribution in [0, 0.1) is 12.8 Å². The maximum absolute atomic E-state index is 12.7. The second-order valence-corrected chi connectivity index (χ2v) is 7.00. The van der Waals surface area contributed by atoms with Crippen LogP contribution in [0.5, 0.6) is 0 Å². The molecule has 0 saturated heterocycles. The molecule has 1 aliphatic heterocycles. The molecular formula is C18H21NOS. The Hall–Kier alpha value is -1.61. The summed E-state index contributed by atoms with van der Waals surface area (Å²) in [6, 6.07) is 10.7. The van der Waals surface area contributed by atoms with Crippen LogP contribution in [0.1, 0.15) is 41.5 Å². The summed E-state index contributed by atoms with van der Waals surface area (Å²) in [4.78, 5) is 16.2. The Labute approximate surface area is 130 Å². The van der Waals surface area contributed by atoms with E-state index in [9.17, 15) is 4.79 Å². The maximum Gasteiger partial charge on any atom is 0.225 e. The zero-order chi connectivity index (χ0) is 15.0. The third kappa shape index (κ3) is 2.51. The van der Waals surface area contributed by atoms with Crippen LogP contribution >= 0.6 is 11.3 Å². The first-order valence-corrected chi connectivity index (χ1v) is 8.40. The van der Waals surface area contributed by atoms with Gasteiger partial charge in [-0.15, -0.1) is 11.3 Å². The van der Waals surface area contributed by atoms with E-state index in [4.69, 9.17) is 0 Å². The zero-order valence-corrected chi connectivity index (χ0v) is 13.6. The number of amides is 1. The number of carbonyl (C=O) groups is 1. The van der Waals surface area contributed by atoms with Crippen molar-refractivity contribution in [2.75, 3.05) is 6.54 Å². The van der Waals surface area contributed by atoms with Crippen molar-refractivity contribution < 1.29 is 4.79 Å². The predicted molar refractivity (Wildman–Crippen MR) is 87.6 cm³/mol. The molecule has 0 aliphatic carbocycles. The molecule has 1 atom stereocenters. The van der Waals surface area contributed by atoms with Crippen LogP contribution in [-0.2, 0) is 11.2 Å². The number of nitrogens with zero attached hydrogens (tertiary/aromatic N) is 1. The van der Waals surface area contributed by atoms with Crippen LogP contribution in [0.2, 0.25) is 0 Å². The molecule has 0 fully saturated rings. The zero-order valence-electron chi connectivity index (χ0n) is 12.8.